The normalized spacial score (nSPS) is 25.7. The molecule has 0 bridgehead atoms. The van der Waals surface area contributed by atoms with E-state index in [-0.39, 0.29) is 31.3 Å². The zero-order valence-electron chi connectivity index (χ0n) is 9.84. The number of methoxy groups -OCH3 is 1. The molecule has 0 N–H and O–H groups in total. The molecule has 0 amide bonds. The van der Waals surface area contributed by atoms with E-state index < -0.39 is 0 Å². The van der Waals surface area contributed by atoms with E-state index >= 15 is 0 Å². The van der Waals surface area contributed by atoms with Gasteiger partial charge in [-0.15, -0.1) is 0 Å². The van der Waals surface area contributed by atoms with Crippen molar-refractivity contribution in [1.29, 1.82) is 0 Å². The third kappa shape index (κ3) is 4.74. The maximum absolute atomic E-state index is 10.7. The lowest BCUT2D eigenvalue weighted by Crippen LogP contribution is -2.19. The topological polar surface area (TPSA) is 54.0 Å². The highest BCUT2D eigenvalue weighted by atomic mass is 16.7. The Hall–Kier alpha value is -0.910. The highest BCUT2D eigenvalue weighted by molar-refractivity contribution is 5.66. The summed E-state index contributed by atoms with van der Waals surface area (Å²) in [7, 11) is 1.57. The van der Waals surface area contributed by atoms with Crippen molar-refractivity contribution < 1.29 is 23.7 Å². The van der Waals surface area contributed by atoms with Gasteiger partial charge >= 0.3 is 5.97 Å². The predicted octanol–water partition coefficient (Wildman–Crippen LogP) is 1.23. The van der Waals surface area contributed by atoms with E-state index in [1.165, 1.54) is 6.92 Å². The molecule has 92 valence electrons. The van der Waals surface area contributed by atoms with Crippen LogP contribution in [0.3, 0.4) is 0 Å². The Labute approximate surface area is 95.3 Å². The molecule has 16 heavy (non-hydrogen) atoms. The molecule has 5 heteroatoms. The number of hydrogen-bond acceptors (Lipinski definition) is 5. The summed E-state index contributed by atoms with van der Waals surface area (Å²) in [5.41, 5.74) is 0. The standard InChI is InChI=1S/C11H18O5/c1-8(12)16-11-5-4-10(6-11)15-7-14-9(2)13-3/h4-5,9-11H,6-7H2,1-3H3/t9?,10?,11-/m1/s1. The molecule has 1 aliphatic rings. The van der Waals surface area contributed by atoms with Crippen molar-refractivity contribution in [2.75, 3.05) is 13.9 Å². The van der Waals surface area contributed by atoms with E-state index in [9.17, 15) is 4.79 Å². The van der Waals surface area contributed by atoms with Crippen LogP contribution in [0, 0.1) is 0 Å². The maximum Gasteiger partial charge on any atom is 0.303 e. The van der Waals surface area contributed by atoms with Crippen molar-refractivity contribution in [3.63, 3.8) is 0 Å². The van der Waals surface area contributed by atoms with Gasteiger partial charge in [0.15, 0.2) is 13.1 Å². The van der Waals surface area contributed by atoms with E-state index in [2.05, 4.69) is 0 Å². The molecule has 5 nitrogen and oxygen atoms in total. The minimum Gasteiger partial charge on any atom is -0.458 e. The number of carbonyl (C=O) groups excluding carboxylic acids is 1. The first-order valence-electron chi connectivity index (χ1n) is 5.23. The van der Waals surface area contributed by atoms with Crippen LogP contribution in [0.5, 0.6) is 0 Å². The van der Waals surface area contributed by atoms with E-state index in [4.69, 9.17) is 18.9 Å². The first kappa shape index (κ1) is 13.2. The molecule has 2 unspecified atom stereocenters. The third-order valence-corrected chi connectivity index (χ3v) is 2.24. The second-order valence-corrected chi connectivity index (χ2v) is 3.56. The first-order chi connectivity index (χ1) is 7.61. The Morgan fingerprint density at radius 2 is 2.12 bits per heavy atom. The van der Waals surface area contributed by atoms with Gasteiger partial charge in [0.2, 0.25) is 0 Å². The molecule has 0 fully saturated rings. The molecule has 0 saturated carbocycles. The molecule has 0 aromatic rings. The zero-order valence-corrected chi connectivity index (χ0v) is 9.84. The fourth-order valence-electron chi connectivity index (χ4n) is 1.35. The van der Waals surface area contributed by atoms with Crippen LogP contribution >= 0.6 is 0 Å². The fourth-order valence-corrected chi connectivity index (χ4v) is 1.35. The van der Waals surface area contributed by atoms with E-state index in [1.807, 2.05) is 12.2 Å². The summed E-state index contributed by atoms with van der Waals surface area (Å²) in [5, 5.41) is 0. The zero-order chi connectivity index (χ0) is 12.0. The van der Waals surface area contributed by atoms with E-state index in [1.54, 1.807) is 14.0 Å². The minimum atomic E-state index is -0.283. The number of rotatable bonds is 6. The summed E-state index contributed by atoms with van der Waals surface area (Å²) in [6.07, 6.45) is 3.82. The van der Waals surface area contributed by atoms with Gasteiger partial charge < -0.3 is 18.9 Å². The smallest absolute Gasteiger partial charge is 0.303 e. The Morgan fingerprint density at radius 1 is 1.44 bits per heavy atom. The van der Waals surface area contributed by atoms with Crippen LogP contribution in [0.4, 0.5) is 0 Å². The molecular weight excluding hydrogens is 212 g/mol. The molecule has 1 aliphatic carbocycles. The molecule has 0 aliphatic heterocycles. The monoisotopic (exact) mass is 230 g/mol. The van der Waals surface area contributed by atoms with E-state index in [0.29, 0.717) is 6.42 Å². The van der Waals surface area contributed by atoms with Crippen LogP contribution in [0.1, 0.15) is 20.3 Å². The van der Waals surface area contributed by atoms with Crippen molar-refractivity contribution in [2.24, 2.45) is 0 Å². The van der Waals surface area contributed by atoms with Crippen LogP contribution in [0.15, 0.2) is 12.2 Å². The fraction of sp³-hybridized carbons (Fsp3) is 0.727. The lowest BCUT2D eigenvalue weighted by Gasteiger charge is -2.15. The van der Waals surface area contributed by atoms with Crippen molar-refractivity contribution >= 4 is 5.97 Å². The van der Waals surface area contributed by atoms with Gasteiger partial charge in [-0.1, -0.05) is 6.08 Å². The summed E-state index contributed by atoms with van der Waals surface area (Å²) < 4.78 is 20.5. The average molecular weight is 230 g/mol. The Kier molecular flexibility index (Phi) is 5.45. The molecule has 0 heterocycles. The van der Waals surface area contributed by atoms with Gasteiger partial charge in [-0.2, -0.15) is 0 Å². The Morgan fingerprint density at radius 3 is 2.75 bits per heavy atom. The van der Waals surface area contributed by atoms with Crippen molar-refractivity contribution in [3.05, 3.63) is 12.2 Å². The molecule has 0 spiro atoms. The van der Waals surface area contributed by atoms with Gasteiger partial charge in [0.25, 0.3) is 0 Å². The molecule has 0 radical (unpaired) electrons. The van der Waals surface area contributed by atoms with Gasteiger partial charge in [-0.05, 0) is 13.0 Å². The van der Waals surface area contributed by atoms with Crippen molar-refractivity contribution in [1.82, 2.24) is 0 Å². The van der Waals surface area contributed by atoms with Crippen molar-refractivity contribution in [3.8, 4) is 0 Å². The highest BCUT2D eigenvalue weighted by Gasteiger charge is 2.21. The number of esters is 1. The summed E-state index contributed by atoms with van der Waals surface area (Å²) in [6, 6.07) is 0. The second-order valence-electron chi connectivity index (χ2n) is 3.56. The van der Waals surface area contributed by atoms with Crippen LogP contribution in [-0.2, 0) is 23.7 Å². The lowest BCUT2D eigenvalue weighted by molar-refractivity contribution is -0.183. The SMILES string of the molecule is COC(C)OCOC1C=C[C@@H](OC(C)=O)C1. The molecule has 0 aromatic carbocycles. The van der Waals surface area contributed by atoms with Crippen LogP contribution in [-0.4, -0.2) is 38.4 Å². The Balaban J connectivity index is 2.13. The molecule has 0 aromatic heterocycles. The van der Waals surface area contributed by atoms with Gasteiger partial charge in [0, 0.05) is 20.5 Å². The summed E-state index contributed by atoms with van der Waals surface area (Å²) >= 11 is 0. The molecule has 0 saturated heterocycles. The summed E-state index contributed by atoms with van der Waals surface area (Å²) in [5.74, 6) is -0.278. The van der Waals surface area contributed by atoms with Crippen molar-refractivity contribution in [2.45, 2.75) is 38.8 Å². The predicted molar refractivity (Wildman–Crippen MR) is 56.6 cm³/mol. The quantitative estimate of drug-likeness (QED) is 0.390. The van der Waals surface area contributed by atoms with Gasteiger partial charge in [0.05, 0.1) is 6.10 Å². The van der Waals surface area contributed by atoms with Gasteiger partial charge in [-0.3, -0.25) is 4.79 Å². The maximum atomic E-state index is 10.7. The summed E-state index contributed by atoms with van der Waals surface area (Å²) in [4.78, 5) is 10.7. The largest absolute Gasteiger partial charge is 0.458 e. The van der Waals surface area contributed by atoms with Crippen LogP contribution < -0.4 is 0 Å². The molecule has 1 rings (SSSR count). The second kappa shape index (κ2) is 6.62. The molecular formula is C11H18O5. The highest BCUT2D eigenvalue weighted by Crippen LogP contribution is 2.17. The average Bonchev–Trinajstić information content (AvgIpc) is 2.64. The van der Waals surface area contributed by atoms with E-state index in [0.717, 1.165) is 0 Å². The number of ether oxygens (including phenoxy) is 4. The summed E-state index contributed by atoms with van der Waals surface area (Å²) in [6.45, 7) is 3.34. The first-order valence-corrected chi connectivity index (χ1v) is 5.23. The van der Waals surface area contributed by atoms with Crippen LogP contribution in [0.2, 0.25) is 0 Å². The number of carbonyl (C=O) groups is 1. The third-order valence-electron chi connectivity index (χ3n) is 2.24. The van der Waals surface area contributed by atoms with Gasteiger partial charge in [0.1, 0.15) is 6.10 Å². The van der Waals surface area contributed by atoms with Crippen LogP contribution in [0.25, 0.3) is 0 Å². The van der Waals surface area contributed by atoms with Gasteiger partial charge in [-0.25, -0.2) is 0 Å². The lowest BCUT2D eigenvalue weighted by atomic mass is 10.3. The number of hydrogen-bond donors (Lipinski definition) is 0. The molecule has 3 atom stereocenters. The Bertz CT molecular complexity index is 251. The minimum absolute atomic E-state index is 0.0617.